The highest BCUT2D eigenvalue weighted by molar-refractivity contribution is 5.97. The van der Waals surface area contributed by atoms with E-state index in [4.69, 9.17) is 0 Å². The normalized spacial score (nSPS) is 11.2. The van der Waals surface area contributed by atoms with E-state index in [1.807, 2.05) is 54.2 Å². The van der Waals surface area contributed by atoms with Gasteiger partial charge in [0, 0.05) is 42.5 Å². The number of nitrogens with zero attached hydrogens (tertiary/aromatic N) is 7. The molecule has 5 aromatic rings. The van der Waals surface area contributed by atoms with Gasteiger partial charge in [-0.3, -0.25) is 18.9 Å². The number of benzene rings is 1. The number of pyridine rings is 1. The molecule has 10 nitrogen and oxygen atoms in total. The quantitative estimate of drug-likeness (QED) is 0.310. The number of hydrogen-bond acceptors (Lipinski definition) is 6. The number of nitrogens with one attached hydrogen (secondary N) is 1. The van der Waals surface area contributed by atoms with Crippen molar-refractivity contribution < 1.29 is 4.79 Å². The predicted octanol–water partition coefficient (Wildman–Crippen LogP) is 3.81. The fraction of sp³-hybridized carbons (Fsp3) is 0.259. The van der Waals surface area contributed by atoms with Crippen molar-refractivity contribution in [2.75, 3.05) is 0 Å². The van der Waals surface area contributed by atoms with Crippen LogP contribution >= 0.6 is 0 Å². The van der Waals surface area contributed by atoms with Gasteiger partial charge in [0.15, 0.2) is 5.78 Å². The number of H-pyrrole nitrogens is 1. The molecular formula is C27H28N8O2. The Kier molecular flexibility index (Phi) is 6.63. The highest BCUT2D eigenvalue weighted by atomic mass is 16.2. The number of aryl methyl sites for hydroxylation is 2. The lowest BCUT2D eigenvalue weighted by Crippen LogP contribution is -2.26. The number of ketones is 1. The van der Waals surface area contributed by atoms with Crippen LogP contribution in [0.2, 0.25) is 0 Å². The molecule has 37 heavy (non-hydrogen) atoms. The zero-order valence-electron chi connectivity index (χ0n) is 21.0. The molecule has 0 unspecified atom stereocenters. The third-order valence-corrected chi connectivity index (χ3v) is 6.45. The van der Waals surface area contributed by atoms with Crippen molar-refractivity contribution in [3.05, 3.63) is 88.4 Å². The van der Waals surface area contributed by atoms with Crippen molar-refractivity contribution in [3.63, 3.8) is 0 Å². The van der Waals surface area contributed by atoms with E-state index in [0.29, 0.717) is 23.8 Å². The number of Topliss-reactive ketones (excluding diaryl/α,β-unsaturated/α-hetero) is 1. The van der Waals surface area contributed by atoms with Crippen LogP contribution < -0.4 is 5.69 Å². The number of unbranched alkanes of at least 4 members (excludes halogenated alkanes) is 1. The summed E-state index contributed by atoms with van der Waals surface area (Å²) in [6.07, 6.45) is 8.19. The van der Waals surface area contributed by atoms with Gasteiger partial charge in [0.1, 0.15) is 5.82 Å². The van der Waals surface area contributed by atoms with Gasteiger partial charge in [-0.2, -0.15) is 5.21 Å². The third-order valence-electron chi connectivity index (χ3n) is 6.45. The number of tetrazole rings is 1. The van der Waals surface area contributed by atoms with E-state index in [-0.39, 0.29) is 11.5 Å². The Morgan fingerprint density at radius 1 is 1.08 bits per heavy atom. The first-order valence-corrected chi connectivity index (χ1v) is 12.2. The van der Waals surface area contributed by atoms with Crippen molar-refractivity contribution in [2.24, 2.45) is 7.05 Å². The molecular weight excluding hydrogens is 468 g/mol. The maximum absolute atomic E-state index is 13.6. The molecule has 10 heteroatoms. The monoisotopic (exact) mass is 496 g/mol. The molecule has 0 aliphatic heterocycles. The lowest BCUT2D eigenvalue weighted by atomic mass is 10.0. The van der Waals surface area contributed by atoms with Gasteiger partial charge in [0.05, 0.1) is 17.8 Å². The minimum atomic E-state index is -0.179. The highest BCUT2D eigenvalue weighted by Gasteiger charge is 2.19. The van der Waals surface area contributed by atoms with Crippen LogP contribution in [0.15, 0.2) is 65.8 Å². The molecule has 0 bridgehead atoms. The Labute approximate surface area is 213 Å². The van der Waals surface area contributed by atoms with Crippen LogP contribution in [0.3, 0.4) is 0 Å². The van der Waals surface area contributed by atoms with E-state index in [0.717, 1.165) is 47.3 Å². The van der Waals surface area contributed by atoms with E-state index in [1.165, 1.54) is 6.92 Å². The van der Waals surface area contributed by atoms with Crippen LogP contribution in [0, 0.1) is 0 Å². The molecule has 0 fully saturated rings. The maximum Gasteiger partial charge on any atom is 0.334 e. The Morgan fingerprint density at radius 3 is 2.57 bits per heavy atom. The summed E-state index contributed by atoms with van der Waals surface area (Å²) in [5, 5.41) is 14.3. The number of aromatic amines is 1. The zero-order valence-corrected chi connectivity index (χ0v) is 21.0. The van der Waals surface area contributed by atoms with Crippen LogP contribution in [0.5, 0.6) is 0 Å². The van der Waals surface area contributed by atoms with Crippen molar-refractivity contribution in [1.82, 2.24) is 39.3 Å². The minimum absolute atomic E-state index is 0.0775. The van der Waals surface area contributed by atoms with Crippen LogP contribution in [0.25, 0.3) is 28.5 Å². The predicted molar refractivity (Wildman–Crippen MR) is 140 cm³/mol. The topological polar surface area (TPSA) is 116 Å². The summed E-state index contributed by atoms with van der Waals surface area (Å²) in [5.41, 5.74) is 4.66. The van der Waals surface area contributed by atoms with Crippen molar-refractivity contribution in [2.45, 2.75) is 39.7 Å². The van der Waals surface area contributed by atoms with Gasteiger partial charge >= 0.3 is 5.69 Å². The molecule has 0 saturated carbocycles. The molecule has 4 aromatic heterocycles. The number of rotatable bonds is 9. The first-order valence-electron chi connectivity index (χ1n) is 12.2. The fourth-order valence-electron chi connectivity index (χ4n) is 4.54. The Bertz CT molecular complexity index is 1590. The largest absolute Gasteiger partial charge is 0.336 e. The SMILES string of the molecule is CCCCc1cn(-c2c(C(C)=O)ccn2C)c(=O)n1Cc1ccc(-c2ccccc2-c2nn[nH]n2)nc1. The molecule has 0 spiro atoms. The Morgan fingerprint density at radius 2 is 1.89 bits per heavy atom. The molecule has 0 amide bonds. The van der Waals surface area contributed by atoms with Gasteiger partial charge in [0.25, 0.3) is 0 Å². The van der Waals surface area contributed by atoms with Gasteiger partial charge in [-0.25, -0.2) is 4.79 Å². The maximum atomic E-state index is 13.6. The lowest BCUT2D eigenvalue weighted by Gasteiger charge is -2.09. The molecule has 1 N–H and O–H groups in total. The van der Waals surface area contributed by atoms with Crippen molar-refractivity contribution in [3.8, 4) is 28.5 Å². The molecule has 5 rings (SSSR count). The summed E-state index contributed by atoms with van der Waals surface area (Å²) in [6, 6.07) is 13.4. The molecule has 0 radical (unpaired) electrons. The van der Waals surface area contributed by atoms with Gasteiger partial charge in [-0.1, -0.05) is 43.7 Å². The summed E-state index contributed by atoms with van der Waals surface area (Å²) in [7, 11) is 1.84. The molecule has 4 heterocycles. The summed E-state index contributed by atoms with van der Waals surface area (Å²) in [5.74, 6) is 1.01. The fourth-order valence-corrected chi connectivity index (χ4v) is 4.54. The van der Waals surface area contributed by atoms with Crippen LogP contribution in [-0.4, -0.2) is 45.1 Å². The molecule has 0 aliphatic rings. The van der Waals surface area contributed by atoms with Gasteiger partial charge in [-0.05, 0) is 42.7 Å². The summed E-state index contributed by atoms with van der Waals surface area (Å²) >= 11 is 0. The van der Waals surface area contributed by atoms with Crippen molar-refractivity contribution in [1.29, 1.82) is 0 Å². The standard InChI is InChI=1S/C27H28N8O2/c1-4-5-8-20-17-35(26-21(18(2)36)13-14-33(26)3)27(37)34(20)16-19-11-12-24(28-15-19)22-9-6-7-10-23(22)25-29-31-32-30-25/h6-7,9-15,17H,4-5,8,16H2,1-3H3,(H,29,30,31,32). The van der Waals surface area contributed by atoms with Crippen LogP contribution in [0.1, 0.15) is 48.3 Å². The molecule has 0 aliphatic carbocycles. The van der Waals surface area contributed by atoms with E-state index >= 15 is 0 Å². The minimum Gasteiger partial charge on any atom is -0.336 e. The van der Waals surface area contributed by atoms with E-state index in [9.17, 15) is 9.59 Å². The molecule has 1 aromatic carbocycles. The van der Waals surface area contributed by atoms with E-state index in [1.54, 1.807) is 27.6 Å². The third kappa shape index (κ3) is 4.65. The smallest absolute Gasteiger partial charge is 0.334 e. The Balaban J connectivity index is 1.50. The first-order chi connectivity index (χ1) is 18.0. The van der Waals surface area contributed by atoms with Gasteiger partial charge < -0.3 is 4.57 Å². The van der Waals surface area contributed by atoms with E-state index < -0.39 is 0 Å². The number of imidazole rings is 1. The highest BCUT2D eigenvalue weighted by Crippen LogP contribution is 2.28. The Hall–Kier alpha value is -4.60. The van der Waals surface area contributed by atoms with Gasteiger partial charge in [0.2, 0.25) is 5.82 Å². The number of carbonyl (C=O) groups excluding carboxylic acids is 1. The number of carbonyl (C=O) groups is 1. The number of aromatic nitrogens is 8. The summed E-state index contributed by atoms with van der Waals surface area (Å²) < 4.78 is 5.17. The molecule has 0 atom stereocenters. The zero-order chi connectivity index (χ0) is 25.9. The van der Waals surface area contributed by atoms with Crippen molar-refractivity contribution >= 4 is 5.78 Å². The number of hydrogen-bond donors (Lipinski definition) is 1. The second kappa shape index (κ2) is 10.2. The van der Waals surface area contributed by atoms with Crippen LogP contribution in [0.4, 0.5) is 0 Å². The average Bonchev–Trinajstić information content (AvgIpc) is 3.64. The second-order valence-corrected chi connectivity index (χ2v) is 9.02. The van der Waals surface area contributed by atoms with Gasteiger partial charge in [-0.15, -0.1) is 10.2 Å². The second-order valence-electron chi connectivity index (χ2n) is 9.02. The molecule has 0 saturated heterocycles. The average molecular weight is 497 g/mol. The first kappa shape index (κ1) is 24.1. The lowest BCUT2D eigenvalue weighted by molar-refractivity contribution is 0.101. The summed E-state index contributed by atoms with van der Waals surface area (Å²) in [6.45, 7) is 4.02. The van der Waals surface area contributed by atoms with Crippen LogP contribution in [-0.2, 0) is 20.0 Å². The molecule has 188 valence electrons. The summed E-state index contributed by atoms with van der Waals surface area (Å²) in [4.78, 5) is 30.5. The van der Waals surface area contributed by atoms with E-state index in [2.05, 4.69) is 32.5 Å².